The first kappa shape index (κ1) is 22.3. The minimum atomic E-state index is -1.10. The van der Waals surface area contributed by atoms with Crippen LogP contribution in [0.5, 0.6) is 0 Å². The van der Waals surface area contributed by atoms with E-state index in [1.165, 1.54) is 36.9 Å². The highest BCUT2D eigenvalue weighted by atomic mass is 32.2. The molecule has 29 heavy (non-hydrogen) atoms. The standard InChI is InChI=1S/C19H22N4O5S/c1-11-14(12(2)21-19(20-11)29-4)9-10-17(24)28-13(3)18(25)22-15-7-5-6-8-16(15)23(26)27/h5-8,13H,9-10H2,1-4H3,(H,22,25). The van der Waals surface area contributed by atoms with Gasteiger partial charge in [0.15, 0.2) is 11.3 Å². The van der Waals surface area contributed by atoms with Crippen LogP contribution in [-0.4, -0.2) is 39.1 Å². The van der Waals surface area contributed by atoms with Crippen molar-refractivity contribution in [3.8, 4) is 0 Å². The van der Waals surface area contributed by atoms with E-state index in [2.05, 4.69) is 15.3 Å². The number of anilines is 1. The van der Waals surface area contributed by atoms with Crippen molar-refractivity contribution in [3.63, 3.8) is 0 Å². The van der Waals surface area contributed by atoms with Gasteiger partial charge in [-0.2, -0.15) is 0 Å². The smallest absolute Gasteiger partial charge is 0.306 e. The van der Waals surface area contributed by atoms with Crippen molar-refractivity contribution in [2.45, 2.75) is 44.9 Å². The number of nitro groups is 1. The molecule has 0 aliphatic heterocycles. The zero-order chi connectivity index (χ0) is 21.6. The van der Waals surface area contributed by atoms with Gasteiger partial charge in [-0.15, -0.1) is 0 Å². The van der Waals surface area contributed by atoms with Gasteiger partial charge >= 0.3 is 5.97 Å². The second-order valence-electron chi connectivity index (χ2n) is 6.26. The fraction of sp³-hybridized carbons (Fsp3) is 0.368. The average Bonchev–Trinajstić information content (AvgIpc) is 2.67. The quantitative estimate of drug-likeness (QED) is 0.228. The van der Waals surface area contributed by atoms with Crippen LogP contribution in [0.1, 0.15) is 30.3 Å². The minimum Gasteiger partial charge on any atom is -0.453 e. The number of esters is 1. The number of ether oxygens (including phenoxy) is 1. The Bertz CT molecular complexity index is 912. The molecule has 1 N–H and O–H groups in total. The molecule has 1 atom stereocenters. The van der Waals surface area contributed by atoms with Crippen molar-refractivity contribution in [1.29, 1.82) is 0 Å². The summed E-state index contributed by atoms with van der Waals surface area (Å²) in [5.74, 6) is -1.20. The van der Waals surface area contributed by atoms with Gasteiger partial charge in [-0.05, 0) is 45.1 Å². The lowest BCUT2D eigenvalue weighted by Crippen LogP contribution is -2.30. The summed E-state index contributed by atoms with van der Waals surface area (Å²) in [6.45, 7) is 5.13. The van der Waals surface area contributed by atoms with Gasteiger partial charge in [0, 0.05) is 23.9 Å². The van der Waals surface area contributed by atoms with E-state index in [0.29, 0.717) is 11.6 Å². The molecule has 1 amide bonds. The molecule has 0 aliphatic rings. The highest BCUT2D eigenvalue weighted by molar-refractivity contribution is 7.98. The molecule has 2 aromatic rings. The van der Waals surface area contributed by atoms with Crippen LogP contribution in [0.15, 0.2) is 29.4 Å². The van der Waals surface area contributed by atoms with Crippen LogP contribution in [0, 0.1) is 24.0 Å². The summed E-state index contributed by atoms with van der Waals surface area (Å²) >= 11 is 1.44. The number of benzene rings is 1. The van der Waals surface area contributed by atoms with Crippen molar-refractivity contribution >= 4 is 35.0 Å². The van der Waals surface area contributed by atoms with Crippen LogP contribution in [0.2, 0.25) is 0 Å². The molecule has 1 unspecified atom stereocenters. The number of thioether (sulfide) groups is 1. The molecule has 1 aromatic heterocycles. The lowest BCUT2D eigenvalue weighted by atomic mass is 10.1. The number of nitrogens with zero attached hydrogens (tertiary/aromatic N) is 3. The number of aryl methyl sites for hydroxylation is 2. The Morgan fingerprint density at radius 2 is 1.86 bits per heavy atom. The maximum absolute atomic E-state index is 12.2. The molecule has 0 bridgehead atoms. The van der Waals surface area contributed by atoms with Crippen LogP contribution >= 0.6 is 11.8 Å². The number of hydrogen-bond acceptors (Lipinski definition) is 8. The van der Waals surface area contributed by atoms with E-state index in [1.807, 2.05) is 20.1 Å². The SMILES string of the molecule is CSc1nc(C)c(CCC(=O)OC(C)C(=O)Nc2ccccc2[N+](=O)[O-])c(C)n1. The summed E-state index contributed by atoms with van der Waals surface area (Å²) < 4.78 is 5.17. The van der Waals surface area contributed by atoms with Crippen LogP contribution in [0.4, 0.5) is 11.4 Å². The van der Waals surface area contributed by atoms with E-state index >= 15 is 0 Å². The highest BCUT2D eigenvalue weighted by Crippen LogP contribution is 2.23. The Kier molecular flexibility index (Phi) is 7.66. The number of para-hydroxylation sites is 2. The molecular weight excluding hydrogens is 396 g/mol. The van der Waals surface area contributed by atoms with Gasteiger partial charge in [-0.3, -0.25) is 19.7 Å². The van der Waals surface area contributed by atoms with Gasteiger partial charge in [-0.1, -0.05) is 23.9 Å². The fourth-order valence-corrected chi connectivity index (χ4v) is 3.13. The molecule has 2 rings (SSSR count). The third-order valence-corrected chi connectivity index (χ3v) is 4.75. The first-order valence-corrected chi connectivity index (χ1v) is 10.1. The summed E-state index contributed by atoms with van der Waals surface area (Å²) in [6, 6.07) is 5.75. The lowest BCUT2D eigenvalue weighted by molar-refractivity contribution is -0.383. The molecule has 154 valence electrons. The second kappa shape index (κ2) is 9.97. The third kappa shape index (κ3) is 5.98. The Balaban J connectivity index is 1.94. The molecule has 10 heteroatoms. The van der Waals surface area contributed by atoms with E-state index in [1.54, 1.807) is 6.07 Å². The summed E-state index contributed by atoms with van der Waals surface area (Å²) in [5.41, 5.74) is 2.28. The Hall–Kier alpha value is -3.01. The van der Waals surface area contributed by atoms with Gasteiger partial charge < -0.3 is 10.1 Å². The van der Waals surface area contributed by atoms with Gasteiger partial charge in [0.25, 0.3) is 11.6 Å². The topological polar surface area (TPSA) is 124 Å². The van der Waals surface area contributed by atoms with Crippen LogP contribution < -0.4 is 5.32 Å². The molecule has 1 aromatic carbocycles. The Morgan fingerprint density at radius 1 is 1.24 bits per heavy atom. The number of aromatic nitrogens is 2. The molecule has 0 radical (unpaired) electrons. The second-order valence-corrected chi connectivity index (χ2v) is 7.03. The highest BCUT2D eigenvalue weighted by Gasteiger charge is 2.22. The van der Waals surface area contributed by atoms with Crippen molar-refractivity contribution in [2.75, 3.05) is 11.6 Å². The number of carbonyl (C=O) groups is 2. The van der Waals surface area contributed by atoms with E-state index in [0.717, 1.165) is 17.0 Å². The summed E-state index contributed by atoms with van der Waals surface area (Å²) in [5, 5.41) is 14.1. The number of carbonyl (C=O) groups excluding carboxylic acids is 2. The van der Waals surface area contributed by atoms with Gasteiger partial charge in [0.2, 0.25) is 0 Å². The zero-order valence-electron chi connectivity index (χ0n) is 16.6. The monoisotopic (exact) mass is 418 g/mol. The zero-order valence-corrected chi connectivity index (χ0v) is 17.4. The average molecular weight is 418 g/mol. The van der Waals surface area contributed by atoms with E-state index in [-0.39, 0.29) is 17.8 Å². The molecule has 0 saturated heterocycles. The van der Waals surface area contributed by atoms with E-state index < -0.39 is 22.9 Å². The number of rotatable bonds is 8. The van der Waals surface area contributed by atoms with Crippen LogP contribution in [-0.2, 0) is 20.7 Å². The first-order valence-electron chi connectivity index (χ1n) is 8.84. The van der Waals surface area contributed by atoms with Gasteiger partial charge in [-0.25, -0.2) is 9.97 Å². The fourth-order valence-electron chi connectivity index (χ4n) is 2.67. The predicted molar refractivity (Wildman–Crippen MR) is 109 cm³/mol. The normalized spacial score (nSPS) is 11.6. The maximum atomic E-state index is 12.2. The van der Waals surface area contributed by atoms with Gasteiger partial charge in [0.1, 0.15) is 5.69 Å². The largest absolute Gasteiger partial charge is 0.453 e. The van der Waals surface area contributed by atoms with Crippen molar-refractivity contribution < 1.29 is 19.2 Å². The molecule has 0 saturated carbocycles. The molecule has 1 heterocycles. The maximum Gasteiger partial charge on any atom is 0.306 e. The minimum absolute atomic E-state index is 0.0441. The van der Waals surface area contributed by atoms with Crippen molar-refractivity contribution in [1.82, 2.24) is 9.97 Å². The molecule has 9 nitrogen and oxygen atoms in total. The summed E-state index contributed by atoms with van der Waals surface area (Å²) in [6.07, 6.45) is 1.25. The van der Waals surface area contributed by atoms with E-state index in [9.17, 15) is 19.7 Å². The van der Waals surface area contributed by atoms with Crippen LogP contribution in [0.3, 0.4) is 0 Å². The Labute approximate surface area is 172 Å². The molecular formula is C19H22N4O5S. The Morgan fingerprint density at radius 3 is 2.45 bits per heavy atom. The number of nitrogens with one attached hydrogen (secondary N) is 1. The van der Waals surface area contributed by atoms with E-state index in [4.69, 9.17) is 4.74 Å². The molecule has 0 fully saturated rings. The number of nitro benzene ring substituents is 1. The van der Waals surface area contributed by atoms with Gasteiger partial charge in [0.05, 0.1) is 4.92 Å². The number of hydrogen-bond donors (Lipinski definition) is 1. The first-order chi connectivity index (χ1) is 13.7. The summed E-state index contributed by atoms with van der Waals surface area (Å²) in [4.78, 5) is 43.6. The van der Waals surface area contributed by atoms with Crippen molar-refractivity contribution in [2.24, 2.45) is 0 Å². The molecule has 0 aliphatic carbocycles. The summed E-state index contributed by atoms with van der Waals surface area (Å²) in [7, 11) is 0. The predicted octanol–water partition coefficient (Wildman–Crippen LogP) is 3.23. The lowest BCUT2D eigenvalue weighted by Gasteiger charge is -2.14. The van der Waals surface area contributed by atoms with Crippen LogP contribution in [0.25, 0.3) is 0 Å². The third-order valence-electron chi connectivity index (χ3n) is 4.20. The molecule has 0 spiro atoms. The number of amides is 1. The van der Waals surface area contributed by atoms with Crippen molar-refractivity contribution in [3.05, 3.63) is 51.3 Å².